The Morgan fingerprint density at radius 2 is 1.89 bits per heavy atom. The van der Waals surface area contributed by atoms with Gasteiger partial charge in [0.05, 0.1) is 16.9 Å². The van der Waals surface area contributed by atoms with Crippen LogP contribution in [0.2, 0.25) is 0 Å². The fraction of sp³-hybridized carbons (Fsp3) is 0.238. The Balaban J connectivity index is 1.70. The highest BCUT2D eigenvalue weighted by molar-refractivity contribution is 5.91. The summed E-state index contributed by atoms with van der Waals surface area (Å²) in [5, 5.41) is 4.53. The summed E-state index contributed by atoms with van der Waals surface area (Å²) in [5.74, 6) is 0.299. The lowest BCUT2D eigenvalue weighted by molar-refractivity contribution is 0.0722. The van der Waals surface area contributed by atoms with Crippen molar-refractivity contribution in [3.05, 3.63) is 65.6 Å². The number of aromatic nitrogens is 2. The molecule has 0 radical (unpaired) electrons. The third kappa shape index (κ3) is 3.43. The van der Waals surface area contributed by atoms with Crippen LogP contribution in [-0.4, -0.2) is 22.5 Å². The second-order valence-electron chi connectivity index (χ2n) is 7.47. The minimum atomic E-state index is -0.573. The van der Waals surface area contributed by atoms with Crippen LogP contribution in [-0.2, 0) is 5.41 Å². The van der Waals surface area contributed by atoms with Crippen LogP contribution in [0.5, 0.6) is 17.4 Å². The van der Waals surface area contributed by atoms with E-state index in [1.54, 1.807) is 36.4 Å². The predicted molar refractivity (Wildman–Crippen MR) is 99.7 cm³/mol. The first-order chi connectivity index (χ1) is 13.3. The first-order valence-electron chi connectivity index (χ1n) is 8.79. The van der Waals surface area contributed by atoms with Gasteiger partial charge in [0.2, 0.25) is 12.7 Å². The summed E-state index contributed by atoms with van der Waals surface area (Å²) in [6, 6.07) is 12.5. The molecule has 4 rings (SSSR count). The molecule has 1 aliphatic rings. The van der Waals surface area contributed by atoms with Gasteiger partial charge in [-0.1, -0.05) is 26.8 Å². The summed E-state index contributed by atoms with van der Waals surface area (Å²) in [5.41, 5.74) is 1.21. The van der Waals surface area contributed by atoms with Gasteiger partial charge < -0.3 is 14.2 Å². The van der Waals surface area contributed by atoms with Gasteiger partial charge in [-0.05, 0) is 36.4 Å². The summed E-state index contributed by atoms with van der Waals surface area (Å²) in [6.07, 6.45) is 0. The molecule has 0 unspecified atom stereocenters. The number of hydrogen-bond acceptors (Lipinski definition) is 5. The van der Waals surface area contributed by atoms with E-state index < -0.39 is 11.8 Å². The lowest BCUT2D eigenvalue weighted by Crippen LogP contribution is -2.13. The van der Waals surface area contributed by atoms with E-state index in [0.29, 0.717) is 28.4 Å². The average molecular weight is 382 g/mol. The number of halogens is 1. The van der Waals surface area contributed by atoms with Gasteiger partial charge >= 0.3 is 5.97 Å². The summed E-state index contributed by atoms with van der Waals surface area (Å²) >= 11 is 0. The van der Waals surface area contributed by atoms with Crippen LogP contribution in [0.25, 0.3) is 5.69 Å². The zero-order valence-electron chi connectivity index (χ0n) is 15.7. The maximum absolute atomic E-state index is 13.7. The Labute approximate surface area is 161 Å². The third-order valence-corrected chi connectivity index (χ3v) is 4.30. The zero-order valence-corrected chi connectivity index (χ0v) is 15.7. The Hall–Kier alpha value is -3.35. The molecule has 2 aromatic carbocycles. The lowest BCUT2D eigenvalue weighted by Gasteiger charge is -2.13. The number of nitrogens with zero attached hydrogens (tertiary/aromatic N) is 2. The third-order valence-electron chi connectivity index (χ3n) is 4.30. The number of esters is 1. The minimum Gasteiger partial charge on any atom is -0.454 e. The fourth-order valence-corrected chi connectivity index (χ4v) is 2.77. The number of rotatable bonds is 3. The topological polar surface area (TPSA) is 62.6 Å². The van der Waals surface area contributed by atoms with Gasteiger partial charge in [0.15, 0.2) is 11.5 Å². The lowest BCUT2D eigenvalue weighted by atomic mass is 9.93. The molecule has 1 aromatic heterocycles. The maximum Gasteiger partial charge on any atom is 0.344 e. The fourth-order valence-electron chi connectivity index (χ4n) is 2.77. The van der Waals surface area contributed by atoms with Crippen LogP contribution in [0.15, 0.2) is 48.5 Å². The molecule has 3 aromatic rings. The second kappa shape index (κ2) is 6.67. The van der Waals surface area contributed by atoms with Gasteiger partial charge in [-0.2, -0.15) is 5.10 Å². The van der Waals surface area contributed by atoms with Gasteiger partial charge in [0.1, 0.15) is 5.82 Å². The average Bonchev–Trinajstić information content (AvgIpc) is 3.27. The summed E-state index contributed by atoms with van der Waals surface area (Å²) < 4.78 is 31.3. The maximum atomic E-state index is 13.7. The van der Waals surface area contributed by atoms with Crippen molar-refractivity contribution in [3.63, 3.8) is 0 Å². The van der Waals surface area contributed by atoms with E-state index in [0.717, 1.165) is 0 Å². The van der Waals surface area contributed by atoms with E-state index in [1.165, 1.54) is 16.8 Å². The molecule has 0 fully saturated rings. The van der Waals surface area contributed by atoms with Crippen molar-refractivity contribution >= 4 is 5.97 Å². The molecule has 0 N–H and O–H groups in total. The number of ether oxygens (including phenoxy) is 3. The number of benzene rings is 2. The minimum absolute atomic E-state index is 0.120. The van der Waals surface area contributed by atoms with Crippen LogP contribution in [0.1, 0.15) is 36.8 Å². The number of fused-ring (bicyclic) bond motifs is 1. The highest BCUT2D eigenvalue weighted by Crippen LogP contribution is 2.33. The van der Waals surface area contributed by atoms with Gasteiger partial charge in [-0.25, -0.2) is 13.9 Å². The smallest absolute Gasteiger partial charge is 0.344 e. The van der Waals surface area contributed by atoms with Crippen LogP contribution >= 0.6 is 0 Å². The molecule has 0 saturated heterocycles. The molecule has 28 heavy (non-hydrogen) atoms. The largest absolute Gasteiger partial charge is 0.454 e. The first kappa shape index (κ1) is 18.0. The van der Waals surface area contributed by atoms with E-state index >= 15 is 0 Å². The normalized spacial score (nSPS) is 12.9. The molecule has 0 atom stereocenters. The Morgan fingerprint density at radius 1 is 1.11 bits per heavy atom. The highest BCUT2D eigenvalue weighted by atomic mass is 19.1. The molecular weight excluding hydrogens is 363 g/mol. The SMILES string of the molecule is CC(C)(C)c1cc(OC(=O)c2ccc3c(c2)OCO3)n(-c2cccc(F)c2)n1. The van der Waals surface area contributed by atoms with Crippen molar-refractivity contribution in [1.82, 2.24) is 9.78 Å². The molecule has 0 amide bonds. The summed E-state index contributed by atoms with van der Waals surface area (Å²) in [4.78, 5) is 12.7. The standard InChI is InChI=1S/C21H19FN2O4/c1-21(2,3)18-11-19(24(23-18)15-6-4-5-14(22)10-15)28-20(25)13-7-8-16-17(9-13)27-12-26-16/h4-11H,12H2,1-3H3. The van der Waals surface area contributed by atoms with Gasteiger partial charge in [0.25, 0.3) is 0 Å². The van der Waals surface area contributed by atoms with E-state index in [9.17, 15) is 9.18 Å². The number of hydrogen-bond donors (Lipinski definition) is 0. The van der Waals surface area contributed by atoms with Gasteiger partial charge in [0, 0.05) is 11.5 Å². The van der Waals surface area contributed by atoms with Crippen LogP contribution < -0.4 is 14.2 Å². The van der Waals surface area contributed by atoms with Crippen molar-refractivity contribution in [2.45, 2.75) is 26.2 Å². The zero-order chi connectivity index (χ0) is 19.9. The Kier molecular flexibility index (Phi) is 4.30. The molecular formula is C21H19FN2O4. The first-order valence-corrected chi connectivity index (χ1v) is 8.79. The van der Waals surface area contributed by atoms with Gasteiger partial charge in [-0.15, -0.1) is 0 Å². The van der Waals surface area contributed by atoms with Crippen molar-refractivity contribution < 1.29 is 23.4 Å². The molecule has 0 bridgehead atoms. The van der Waals surface area contributed by atoms with E-state index in [4.69, 9.17) is 14.2 Å². The quantitative estimate of drug-likeness (QED) is 0.634. The molecule has 7 heteroatoms. The molecule has 0 spiro atoms. The van der Waals surface area contributed by atoms with Crippen LogP contribution in [0, 0.1) is 5.82 Å². The van der Waals surface area contributed by atoms with Crippen LogP contribution in [0.3, 0.4) is 0 Å². The van der Waals surface area contributed by atoms with Crippen LogP contribution in [0.4, 0.5) is 4.39 Å². The molecule has 144 valence electrons. The highest BCUT2D eigenvalue weighted by Gasteiger charge is 2.24. The van der Waals surface area contributed by atoms with E-state index in [1.807, 2.05) is 20.8 Å². The monoisotopic (exact) mass is 382 g/mol. The number of carbonyl (C=O) groups excluding carboxylic acids is 1. The Bertz CT molecular complexity index is 1050. The van der Waals surface area contributed by atoms with Crippen molar-refractivity contribution in [1.29, 1.82) is 0 Å². The molecule has 1 aliphatic heterocycles. The second-order valence-corrected chi connectivity index (χ2v) is 7.47. The number of carbonyl (C=O) groups is 1. The molecule has 0 aliphatic carbocycles. The predicted octanol–water partition coefficient (Wildman–Crippen LogP) is 4.26. The Morgan fingerprint density at radius 3 is 2.64 bits per heavy atom. The van der Waals surface area contributed by atoms with Crippen molar-refractivity contribution in [2.24, 2.45) is 0 Å². The molecule has 2 heterocycles. The summed E-state index contributed by atoms with van der Waals surface area (Å²) in [6.45, 7) is 6.10. The summed E-state index contributed by atoms with van der Waals surface area (Å²) in [7, 11) is 0. The van der Waals surface area contributed by atoms with Crippen molar-refractivity contribution in [2.75, 3.05) is 6.79 Å². The van der Waals surface area contributed by atoms with Gasteiger partial charge in [-0.3, -0.25) is 0 Å². The van der Waals surface area contributed by atoms with E-state index in [-0.39, 0.29) is 18.1 Å². The molecule has 0 saturated carbocycles. The molecule has 6 nitrogen and oxygen atoms in total. The van der Waals surface area contributed by atoms with E-state index in [2.05, 4.69) is 5.10 Å². The van der Waals surface area contributed by atoms with Crippen molar-refractivity contribution in [3.8, 4) is 23.1 Å².